The van der Waals surface area contributed by atoms with Crippen LogP contribution in [-0.2, 0) is 9.53 Å². The van der Waals surface area contributed by atoms with Gasteiger partial charge in [-0.25, -0.2) is 4.79 Å². The molecule has 0 spiro atoms. The molecule has 0 unspecified atom stereocenters. The van der Waals surface area contributed by atoms with Crippen LogP contribution in [0, 0.1) is 0 Å². The first-order valence-electron chi connectivity index (χ1n) is 8.27. The van der Waals surface area contributed by atoms with E-state index in [1.807, 2.05) is 0 Å². The highest BCUT2D eigenvalue weighted by molar-refractivity contribution is 5.99. The lowest BCUT2D eigenvalue weighted by Crippen LogP contribution is -2.30. The maximum Gasteiger partial charge on any atom is 0.341 e. The standard InChI is InChI=1S/C19H20N2O5/c1-12(26-19(23)14-5-3-4-6-15(14)20-2)18(22)21-13-7-8-16-17(11-13)25-10-9-24-16/h3-8,11-12,20H,9-10H2,1-2H3,(H,21,22)/t12-/m0/s1. The van der Waals surface area contributed by atoms with E-state index in [1.54, 1.807) is 49.5 Å². The summed E-state index contributed by atoms with van der Waals surface area (Å²) >= 11 is 0. The van der Waals surface area contributed by atoms with E-state index >= 15 is 0 Å². The fourth-order valence-corrected chi connectivity index (χ4v) is 2.52. The third-order valence-electron chi connectivity index (χ3n) is 3.88. The summed E-state index contributed by atoms with van der Waals surface area (Å²) < 4.78 is 16.2. The zero-order chi connectivity index (χ0) is 18.5. The lowest BCUT2D eigenvalue weighted by molar-refractivity contribution is -0.123. The second kappa shape index (κ2) is 7.77. The summed E-state index contributed by atoms with van der Waals surface area (Å²) in [5, 5.41) is 5.63. The van der Waals surface area contributed by atoms with Crippen LogP contribution in [0.1, 0.15) is 17.3 Å². The molecule has 0 saturated carbocycles. The van der Waals surface area contributed by atoms with Crippen molar-refractivity contribution in [3.8, 4) is 11.5 Å². The maximum atomic E-state index is 12.3. The van der Waals surface area contributed by atoms with Crippen molar-refractivity contribution < 1.29 is 23.8 Å². The number of ether oxygens (including phenoxy) is 3. The molecule has 0 saturated heterocycles. The number of hydrogen-bond donors (Lipinski definition) is 2. The van der Waals surface area contributed by atoms with Crippen LogP contribution in [0.3, 0.4) is 0 Å². The predicted octanol–water partition coefficient (Wildman–Crippen LogP) is 2.68. The van der Waals surface area contributed by atoms with Crippen molar-refractivity contribution in [1.29, 1.82) is 0 Å². The topological polar surface area (TPSA) is 85.9 Å². The number of nitrogens with one attached hydrogen (secondary N) is 2. The third-order valence-corrected chi connectivity index (χ3v) is 3.88. The molecule has 0 aliphatic carbocycles. The molecule has 7 heteroatoms. The zero-order valence-electron chi connectivity index (χ0n) is 14.6. The number of carbonyl (C=O) groups is 2. The van der Waals surface area contributed by atoms with Crippen LogP contribution < -0.4 is 20.1 Å². The first kappa shape index (κ1) is 17.6. The van der Waals surface area contributed by atoms with Crippen LogP contribution in [0.5, 0.6) is 11.5 Å². The average molecular weight is 356 g/mol. The molecule has 0 fully saturated rings. The van der Waals surface area contributed by atoms with Gasteiger partial charge in [-0.2, -0.15) is 0 Å². The minimum absolute atomic E-state index is 0.369. The van der Waals surface area contributed by atoms with E-state index in [9.17, 15) is 9.59 Å². The summed E-state index contributed by atoms with van der Waals surface area (Å²) in [5.41, 5.74) is 1.55. The van der Waals surface area contributed by atoms with Crippen molar-refractivity contribution in [2.75, 3.05) is 30.9 Å². The second-order valence-corrected chi connectivity index (χ2v) is 5.69. The molecule has 0 radical (unpaired) electrons. The van der Waals surface area contributed by atoms with Crippen molar-refractivity contribution in [3.63, 3.8) is 0 Å². The van der Waals surface area contributed by atoms with Gasteiger partial charge in [0.1, 0.15) is 13.2 Å². The molecule has 3 rings (SSSR count). The Labute approximate surface area is 151 Å². The van der Waals surface area contributed by atoms with E-state index in [4.69, 9.17) is 14.2 Å². The SMILES string of the molecule is CNc1ccccc1C(=O)O[C@@H](C)C(=O)Nc1ccc2c(c1)OCCO2. The minimum Gasteiger partial charge on any atom is -0.486 e. The van der Waals surface area contributed by atoms with Gasteiger partial charge in [0.15, 0.2) is 17.6 Å². The fraction of sp³-hybridized carbons (Fsp3) is 0.263. The Morgan fingerprint density at radius 2 is 1.81 bits per heavy atom. The summed E-state index contributed by atoms with van der Waals surface area (Å²) in [5.74, 6) is 0.204. The average Bonchev–Trinajstić information content (AvgIpc) is 2.67. The molecule has 2 aromatic rings. The quantitative estimate of drug-likeness (QED) is 0.801. The number of hydrogen-bond acceptors (Lipinski definition) is 6. The Balaban J connectivity index is 1.63. The van der Waals surface area contributed by atoms with Crippen LogP contribution in [0.15, 0.2) is 42.5 Å². The molecule has 136 valence electrons. The zero-order valence-corrected chi connectivity index (χ0v) is 14.6. The molecule has 0 bridgehead atoms. The second-order valence-electron chi connectivity index (χ2n) is 5.69. The molecule has 26 heavy (non-hydrogen) atoms. The molecule has 1 amide bonds. The van der Waals surface area contributed by atoms with Gasteiger partial charge < -0.3 is 24.8 Å². The minimum atomic E-state index is -0.958. The normalized spacial score (nSPS) is 13.5. The number of anilines is 2. The molecule has 7 nitrogen and oxygen atoms in total. The summed E-state index contributed by atoms with van der Waals surface area (Å²) in [6, 6.07) is 12.0. The number of benzene rings is 2. The largest absolute Gasteiger partial charge is 0.486 e. The van der Waals surface area contributed by atoms with Gasteiger partial charge in [0.05, 0.1) is 5.56 Å². The Morgan fingerprint density at radius 1 is 1.08 bits per heavy atom. The Morgan fingerprint density at radius 3 is 2.58 bits per heavy atom. The Kier molecular flexibility index (Phi) is 5.26. The van der Waals surface area contributed by atoms with Gasteiger partial charge in [-0.3, -0.25) is 4.79 Å². The first-order chi connectivity index (χ1) is 12.6. The van der Waals surface area contributed by atoms with Crippen LogP contribution in [0.4, 0.5) is 11.4 Å². The van der Waals surface area contributed by atoms with E-state index in [2.05, 4.69) is 10.6 Å². The molecule has 0 aromatic heterocycles. The van der Waals surface area contributed by atoms with Crippen molar-refractivity contribution >= 4 is 23.3 Å². The first-order valence-corrected chi connectivity index (χ1v) is 8.27. The van der Waals surface area contributed by atoms with Crippen LogP contribution in [-0.4, -0.2) is 38.2 Å². The summed E-state index contributed by atoms with van der Waals surface area (Å²) in [6.45, 7) is 2.48. The van der Waals surface area contributed by atoms with Crippen LogP contribution in [0.25, 0.3) is 0 Å². The van der Waals surface area contributed by atoms with Gasteiger partial charge in [0, 0.05) is 24.5 Å². The number of amides is 1. The highest BCUT2D eigenvalue weighted by Gasteiger charge is 2.21. The highest BCUT2D eigenvalue weighted by Crippen LogP contribution is 2.32. The Bertz CT molecular complexity index is 821. The van der Waals surface area contributed by atoms with Gasteiger partial charge in [-0.15, -0.1) is 0 Å². The fourth-order valence-electron chi connectivity index (χ4n) is 2.52. The maximum absolute atomic E-state index is 12.3. The van der Waals surface area contributed by atoms with Crippen molar-refractivity contribution in [1.82, 2.24) is 0 Å². The molecule has 1 aliphatic heterocycles. The Hall–Kier alpha value is -3.22. The van der Waals surface area contributed by atoms with Gasteiger partial charge in [0.2, 0.25) is 0 Å². The van der Waals surface area contributed by atoms with E-state index in [1.165, 1.54) is 6.92 Å². The molecule has 1 aliphatic rings. The lowest BCUT2D eigenvalue weighted by Gasteiger charge is -2.19. The smallest absolute Gasteiger partial charge is 0.341 e. The van der Waals surface area contributed by atoms with Gasteiger partial charge in [0.25, 0.3) is 5.91 Å². The van der Waals surface area contributed by atoms with Gasteiger partial charge in [-0.05, 0) is 31.2 Å². The van der Waals surface area contributed by atoms with E-state index in [0.717, 1.165) is 0 Å². The summed E-state index contributed by atoms with van der Waals surface area (Å²) in [7, 11) is 1.71. The number of para-hydroxylation sites is 1. The number of esters is 1. The van der Waals surface area contributed by atoms with Gasteiger partial charge >= 0.3 is 5.97 Å². The summed E-state index contributed by atoms with van der Waals surface area (Å²) in [6.07, 6.45) is -0.958. The summed E-state index contributed by atoms with van der Waals surface area (Å²) in [4.78, 5) is 24.6. The van der Waals surface area contributed by atoms with E-state index < -0.39 is 18.0 Å². The molecule has 2 N–H and O–H groups in total. The van der Waals surface area contributed by atoms with Crippen LogP contribution in [0.2, 0.25) is 0 Å². The lowest BCUT2D eigenvalue weighted by atomic mass is 10.2. The van der Waals surface area contributed by atoms with Crippen molar-refractivity contribution in [3.05, 3.63) is 48.0 Å². The van der Waals surface area contributed by atoms with E-state index in [-0.39, 0.29) is 0 Å². The van der Waals surface area contributed by atoms with Gasteiger partial charge in [-0.1, -0.05) is 12.1 Å². The van der Waals surface area contributed by atoms with Crippen LogP contribution >= 0.6 is 0 Å². The molecular weight excluding hydrogens is 336 g/mol. The number of rotatable bonds is 5. The van der Waals surface area contributed by atoms with E-state index in [0.29, 0.717) is 41.7 Å². The molecular formula is C19H20N2O5. The van der Waals surface area contributed by atoms with Crippen molar-refractivity contribution in [2.24, 2.45) is 0 Å². The molecule has 2 aromatic carbocycles. The number of carbonyl (C=O) groups excluding carboxylic acids is 2. The third kappa shape index (κ3) is 3.88. The predicted molar refractivity (Wildman–Crippen MR) is 96.9 cm³/mol. The highest BCUT2D eigenvalue weighted by atomic mass is 16.6. The number of fused-ring (bicyclic) bond motifs is 1. The monoisotopic (exact) mass is 356 g/mol. The van der Waals surface area contributed by atoms with Crippen molar-refractivity contribution in [2.45, 2.75) is 13.0 Å². The molecule has 1 heterocycles. The molecule has 1 atom stereocenters.